The number of hydrogen-bond donors (Lipinski definition) is 0. The molecule has 0 spiro atoms. The molecule has 2 heterocycles. The smallest absolute Gasteiger partial charge is 0.150 e. The predicted molar refractivity (Wildman–Crippen MR) is 91.2 cm³/mol. The minimum absolute atomic E-state index is 0.0824. The first-order valence-electron chi connectivity index (χ1n) is 8.45. The molecule has 1 aromatic carbocycles. The maximum absolute atomic E-state index is 5.83. The topological polar surface area (TPSA) is 36.3 Å². The first-order valence-corrected chi connectivity index (χ1v) is 8.45. The van der Waals surface area contributed by atoms with Gasteiger partial charge in [0.05, 0.1) is 11.7 Å². The SMILES string of the molecule is COCCCCC#Cc1ccc2c(cnn2C2CCCCO2)c1. The highest BCUT2D eigenvalue weighted by Gasteiger charge is 2.18. The third-order valence-electron chi connectivity index (χ3n) is 4.16. The lowest BCUT2D eigenvalue weighted by molar-refractivity contribution is -0.0366. The number of aromatic nitrogens is 2. The van der Waals surface area contributed by atoms with E-state index in [9.17, 15) is 0 Å². The fourth-order valence-electron chi connectivity index (χ4n) is 2.90. The van der Waals surface area contributed by atoms with Crippen LogP contribution in [0.25, 0.3) is 10.9 Å². The Kier molecular flexibility index (Phi) is 5.68. The zero-order valence-electron chi connectivity index (χ0n) is 13.8. The molecular weight excluding hydrogens is 288 g/mol. The van der Waals surface area contributed by atoms with E-state index >= 15 is 0 Å². The van der Waals surface area contributed by atoms with E-state index in [0.29, 0.717) is 0 Å². The summed E-state index contributed by atoms with van der Waals surface area (Å²) in [5, 5.41) is 5.65. The first-order chi connectivity index (χ1) is 11.4. The molecule has 1 aliphatic rings. The predicted octanol–water partition coefficient (Wildman–Crippen LogP) is 3.90. The Labute approximate surface area is 137 Å². The lowest BCUT2D eigenvalue weighted by Crippen LogP contribution is -2.18. The van der Waals surface area contributed by atoms with Crippen molar-refractivity contribution in [1.82, 2.24) is 9.78 Å². The fourth-order valence-corrected chi connectivity index (χ4v) is 2.90. The lowest BCUT2D eigenvalue weighted by atomic mass is 10.1. The fraction of sp³-hybridized carbons (Fsp3) is 0.526. The van der Waals surface area contributed by atoms with Gasteiger partial charge in [-0.3, -0.25) is 0 Å². The van der Waals surface area contributed by atoms with Gasteiger partial charge in [-0.25, -0.2) is 4.68 Å². The second-order valence-corrected chi connectivity index (χ2v) is 5.94. The van der Waals surface area contributed by atoms with Crippen LogP contribution in [0.4, 0.5) is 0 Å². The Balaban J connectivity index is 1.67. The van der Waals surface area contributed by atoms with Crippen LogP contribution in [0.1, 0.15) is 50.3 Å². The quantitative estimate of drug-likeness (QED) is 0.620. The normalized spacial score (nSPS) is 17.9. The van der Waals surface area contributed by atoms with Gasteiger partial charge in [0.2, 0.25) is 0 Å². The van der Waals surface area contributed by atoms with Gasteiger partial charge in [-0.15, -0.1) is 0 Å². The van der Waals surface area contributed by atoms with Crippen molar-refractivity contribution >= 4 is 10.9 Å². The zero-order chi connectivity index (χ0) is 15.9. The van der Waals surface area contributed by atoms with Crippen molar-refractivity contribution < 1.29 is 9.47 Å². The Morgan fingerprint density at radius 3 is 3.13 bits per heavy atom. The van der Waals surface area contributed by atoms with Crippen LogP contribution in [0.3, 0.4) is 0 Å². The highest BCUT2D eigenvalue weighted by molar-refractivity contribution is 5.80. The molecule has 122 valence electrons. The molecule has 4 nitrogen and oxygen atoms in total. The first kappa shape index (κ1) is 16.0. The van der Waals surface area contributed by atoms with E-state index in [-0.39, 0.29) is 6.23 Å². The number of methoxy groups -OCH3 is 1. The number of rotatable bonds is 5. The van der Waals surface area contributed by atoms with Crippen LogP contribution >= 0.6 is 0 Å². The molecule has 2 aromatic rings. The number of nitrogens with zero attached hydrogens (tertiary/aromatic N) is 2. The van der Waals surface area contributed by atoms with Gasteiger partial charge in [0.25, 0.3) is 0 Å². The van der Waals surface area contributed by atoms with Gasteiger partial charge in [0.15, 0.2) is 6.23 Å². The van der Waals surface area contributed by atoms with E-state index in [1.807, 2.05) is 10.9 Å². The van der Waals surface area contributed by atoms with Crippen LogP contribution in [0.15, 0.2) is 24.4 Å². The van der Waals surface area contributed by atoms with E-state index < -0.39 is 0 Å². The third-order valence-corrected chi connectivity index (χ3v) is 4.16. The molecule has 1 aromatic heterocycles. The van der Waals surface area contributed by atoms with Gasteiger partial charge >= 0.3 is 0 Å². The molecule has 3 rings (SSSR count). The van der Waals surface area contributed by atoms with Gasteiger partial charge in [-0.1, -0.05) is 11.8 Å². The van der Waals surface area contributed by atoms with Crippen LogP contribution < -0.4 is 0 Å². The monoisotopic (exact) mass is 312 g/mol. The molecular formula is C19H24N2O2. The number of fused-ring (bicyclic) bond motifs is 1. The van der Waals surface area contributed by atoms with Crippen molar-refractivity contribution in [3.05, 3.63) is 30.0 Å². The van der Waals surface area contributed by atoms with Crippen molar-refractivity contribution in [2.75, 3.05) is 20.3 Å². The molecule has 1 fully saturated rings. The van der Waals surface area contributed by atoms with E-state index in [4.69, 9.17) is 9.47 Å². The van der Waals surface area contributed by atoms with Crippen molar-refractivity contribution in [3.8, 4) is 11.8 Å². The molecule has 0 bridgehead atoms. The van der Waals surface area contributed by atoms with Crippen LogP contribution in [0.2, 0.25) is 0 Å². The molecule has 0 amide bonds. The Hall–Kier alpha value is -1.83. The molecule has 23 heavy (non-hydrogen) atoms. The molecule has 1 aliphatic heterocycles. The molecule has 1 saturated heterocycles. The van der Waals surface area contributed by atoms with Crippen molar-refractivity contribution in [2.24, 2.45) is 0 Å². The van der Waals surface area contributed by atoms with Gasteiger partial charge in [0, 0.05) is 37.7 Å². The summed E-state index contributed by atoms with van der Waals surface area (Å²) < 4.78 is 12.9. The van der Waals surface area contributed by atoms with E-state index in [1.54, 1.807) is 7.11 Å². The van der Waals surface area contributed by atoms with Gasteiger partial charge < -0.3 is 9.47 Å². The van der Waals surface area contributed by atoms with Crippen molar-refractivity contribution in [1.29, 1.82) is 0 Å². The average molecular weight is 312 g/mol. The second-order valence-electron chi connectivity index (χ2n) is 5.94. The average Bonchev–Trinajstić information content (AvgIpc) is 3.02. The molecule has 0 saturated carbocycles. The lowest BCUT2D eigenvalue weighted by Gasteiger charge is -2.23. The van der Waals surface area contributed by atoms with Crippen LogP contribution in [-0.4, -0.2) is 30.1 Å². The van der Waals surface area contributed by atoms with Gasteiger partial charge in [-0.2, -0.15) is 5.10 Å². The van der Waals surface area contributed by atoms with Crippen LogP contribution in [0, 0.1) is 11.8 Å². The maximum Gasteiger partial charge on any atom is 0.150 e. The summed E-state index contributed by atoms with van der Waals surface area (Å²) in [6.07, 6.45) is 8.46. The molecule has 4 heteroatoms. The summed E-state index contributed by atoms with van der Waals surface area (Å²) in [6.45, 7) is 1.65. The number of benzene rings is 1. The summed E-state index contributed by atoms with van der Waals surface area (Å²) in [5.74, 6) is 6.48. The summed E-state index contributed by atoms with van der Waals surface area (Å²) in [4.78, 5) is 0. The second kappa shape index (κ2) is 8.14. The van der Waals surface area contributed by atoms with Crippen molar-refractivity contribution in [3.63, 3.8) is 0 Å². The zero-order valence-corrected chi connectivity index (χ0v) is 13.8. The summed E-state index contributed by atoms with van der Waals surface area (Å²) in [7, 11) is 1.74. The summed E-state index contributed by atoms with van der Waals surface area (Å²) >= 11 is 0. The molecule has 1 unspecified atom stereocenters. The molecule has 1 atom stereocenters. The van der Waals surface area contributed by atoms with Crippen LogP contribution in [-0.2, 0) is 9.47 Å². The highest BCUT2D eigenvalue weighted by atomic mass is 16.5. The number of hydrogen-bond acceptors (Lipinski definition) is 3. The van der Waals surface area contributed by atoms with Gasteiger partial charge in [-0.05, 0) is 50.3 Å². The van der Waals surface area contributed by atoms with E-state index in [1.165, 1.54) is 6.42 Å². The number of unbranched alkanes of at least 4 members (excludes halogenated alkanes) is 2. The minimum atomic E-state index is 0.0824. The minimum Gasteiger partial charge on any atom is -0.385 e. The molecule has 0 N–H and O–H groups in total. The maximum atomic E-state index is 5.83. The Bertz CT molecular complexity index is 690. The van der Waals surface area contributed by atoms with E-state index in [2.05, 4.69) is 35.1 Å². The van der Waals surface area contributed by atoms with Crippen molar-refractivity contribution in [2.45, 2.75) is 44.8 Å². The Morgan fingerprint density at radius 1 is 1.35 bits per heavy atom. The largest absolute Gasteiger partial charge is 0.385 e. The summed E-state index contributed by atoms with van der Waals surface area (Å²) in [5.41, 5.74) is 2.18. The van der Waals surface area contributed by atoms with Gasteiger partial charge in [0.1, 0.15) is 0 Å². The highest BCUT2D eigenvalue weighted by Crippen LogP contribution is 2.26. The molecule has 0 radical (unpaired) electrons. The summed E-state index contributed by atoms with van der Waals surface area (Å²) in [6, 6.07) is 6.30. The standard InChI is InChI=1S/C19H24N2O2/c1-22-12-6-3-2-4-8-16-10-11-18-17(14-16)15-20-21(18)19-9-5-7-13-23-19/h10-11,14-15,19H,2-3,5-7,9,12-13H2,1H3. The third kappa shape index (κ3) is 4.13. The van der Waals surface area contributed by atoms with Crippen LogP contribution in [0.5, 0.6) is 0 Å². The number of ether oxygens (including phenoxy) is 2. The van der Waals surface area contributed by atoms with E-state index in [0.717, 1.165) is 61.8 Å². The molecule has 0 aliphatic carbocycles. The Morgan fingerprint density at radius 2 is 2.30 bits per heavy atom.